The summed E-state index contributed by atoms with van der Waals surface area (Å²) in [5, 5.41) is 0.737. The molecule has 1 unspecified atom stereocenters. The van der Waals surface area contributed by atoms with Crippen LogP contribution in [-0.2, 0) is 6.42 Å². The van der Waals surface area contributed by atoms with Crippen LogP contribution in [0.2, 0.25) is 0 Å². The predicted molar refractivity (Wildman–Crippen MR) is 58.0 cm³/mol. The first kappa shape index (κ1) is 8.63. The van der Waals surface area contributed by atoms with Crippen LogP contribution >= 0.6 is 11.8 Å². The van der Waals surface area contributed by atoms with Crippen molar-refractivity contribution in [3.05, 3.63) is 35.9 Å². The normalized spacial score (nSPS) is 21.5. The van der Waals surface area contributed by atoms with Gasteiger partial charge < -0.3 is 5.73 Å². The molecule has 0 spiro atoms. The molecule has 1 aliphatic heterocycles. The number of nitrogens with zero attached hydrogens (tertiary/aromatic N) is 1. The Hall–Kier alpha value is -0.960. The van der Waals surface area contributed by atoms with E-state index in [0.29, 0.717) is 6.04 Å². The molecule has 0 saturated carbocycles. The third-order valence-corrected chi connectivity index (χ3v) is 3.00. The summed E-state index contributed by atoms with van der Waals surface area (Å²) >= 11 is 1.65. The van der Waals surface area contributed by atoms with E-state index in [1.165, 1.54) is 5.56 Å². The number of rotatable bonds is 2. The lowest BCUT2D eigenvalue weighted by Crippen LogP contribution is -2.08. The van der Waals surface area contributed by atoms with E-state index in [4.69, 9.17) is 5.73 Å². The van der Waals surface area contributed by atoms with Crippen LogP contribution in [0.4, 0.5) is 0 Å². The van der Waals surface area contributed by atoms with Crippen LogP contribution in [0, 0.1) is 0 Å². The van der Waals surface area contributed by atoms with Crippen molar-refractivity contribution in [2.24, 2.45) is 10.7 Å². The molecule has 1 atom stereocenters. The van der Waals surface area contributed by atoms with Gasteiger partial charge in [0, 0.05) is 5.75 Å². The van der Waals surface area contributed by atoms with E-state index < -0.39 is 0 Å². The first-order chi connectivity index (χ1) is 6.34. The first-order valence-corrected chi connectivity index (χ1v) is 5.33. The third-order valence-electron chi connectivity index (χ3n) is 2.05. The van der Waals surface area contributed by atoms with Crippen molar-refractivity contribution in [3.63, 3.8) is 0 Å². The molecule has 13 heavy (non-hydrogen) atoms. The molecule has 0 aliphatic carbocycles. The standard InChI is InChI=1S/C10H12N2S/c11-10-12-9(7-13-10)6-8-4-2-1-3-5-8/h1-5,9H,6-7H2,(H2,11,12). The SMILES string of the molecule is NC1=NC(Cc2ccccc2)CS1. The number of hydrogen-bond acceptors (Lipinski definition) is 3. The zero-order valence-corrected chi connectivity index (χ0v) is 8.13. The maximum absolute atomic E-state index is 5.59. The predicted octanol–water partition coefficient (Wildman–Crippen LogP) is 1.66. The van der Waals surface area contributed by atoms with Crippen molar-refractivity contribution in [3.8, 4) is 0 Å². The Morgan fingerprint density at radius 1 is 1.38 bits per heavy atom. The molecule has 0 amide bonds. The number of aliphatic imine (C=N–C) groups is 1. The molecule has 0 radical (unpaired) electrons. The minimum absolute atomic E-state index is 0.382. The molecule has 0 saturated heterocycles. The first-order valence-electron chi connectivity index (χ1n) is 4.34. The van der Waals surface area contributed by atoms with Gasteiger partial charge in [0.1, 0.15) is 0 Å². The molecule has 1 aromatic carbocycles. The van der Waals surface area contributed by atoms with E-state index in [-0.39, 0.29) is 0 Å². The largest absolute Gasteiger partial charge is 0.379 e. The zero-order valence-electron chi connectivity index (χ0n) is 7.31. The second-order valence-corrected chi connectivity index (χ2v) is 4.16. The minimum atomic E-state index is 0.382. The summed E-state index contributed by atoms with van der Waals surface area (Å²) in [6, 6.07) is 10.8. The minimum Gasteiger partial charge on any atom is -0.379 e. The van der Waals surface area contributed by atoms with Crippen LogP contribution in [-0.4, -0.2) is 17.0 Å². The van der Waals surface area contributed by atoms with Gasteiger partial charge in [-0.15, -0.1) is 0 Å². The fraction of sp³-hybridized carbons (Fsp3) is 0.300. The van der Waals surface area contributed by atoms with E-state index in [0.717, 1.165) is 17.3 Å². The maximum Gasteiger partial charge on any atom is 0.154 e. The molecule has 2 rings (SSSR count). The zero-order chi connectivity index (χ0) is 9.10. The summed E-state index contributed by atoms with van der Waals surface area (Å²) in [4.78, 5) is 4.34. The molecular weight excluding hydrogens is 180 g/mol. The van der Waals surface area contributed by atoms with Crippen LogP contribution in [0.1, 0.15) is 5.56 Å². The van der Waals surface area contributed by atoms with E-state index in [1.54, 1.807) is 11.8 Å². The molecule has 1 aliphatic rings. The second-order valence-electron chi connectivity index (χ2n) is 3.12. The van der Waals surface area contributed by atoms with Gasteiger partial charge in [-0.05, 0) is 12.0 Å². The highest BCUT2D eigenvalue weighted by Gasteiger charge is 2.15. The Bertz CT molecular complexity index is 308. The highest BCUT2D eigenvalue weighted by molar-refractivity contribution is 8.14. The molecule has 68 valence electrons. The van der Waals surface area contributed by atoms with Crippen LogP contribution in [0.15, 0.2) is 35.3 Å². The van der Waals surface area contributed by atoms with Gasteiger partial charge in [0.15, 0.2) is 5.17 Å². The van der Waals surface area contributed by atoms with Crippen molar-refractivity contribution >= 4 is 16.9 Å². The number of benzene rings is 1. The van der Waals surface area contributed by atoms with Crippen LogP contribution in [0.25, 0.3) is 0 Å². The van der Waals surface area contributed by atoms with Crippen molar-refractivity contribution in [2.45, 2.75) is 12.5 Å². The van der Waals surface area contributed by atoms with Crippen molar-refractivity contribution in [2.75, 3.05) is 5.75 Å². The fourth-order valence-electron chi connectivity index (χ4n) is 1.43. The van der Waals surface area contributed by atoms with Crippen LogP contribution < -0.4 is 5.73 Å². The molecular formula is C10H12N2S. The fourth-order valence-corrected chi connectivity index (χ4v) is 2.21. The van der Waals surface area contributed by atoms with Crippen LogP contribution in [0.3, 0.4) is 0 Å². The average Bonchev–Trinajstić information content (AvgIpc) is 2.53. The van der Waals surface area contributed by atoms with Gasteiger partial charge in [-0.25, -0.2) is 0 Å². The summed E-state index contributed by atoms with van der Waals surface area (Å²) in [5.41, 5.74) is 6.93. The lowest BCUT2D eigenvalue weighted by Gasteiger charge is -2.04. The summed E-state index contributed by atoms with van der Waals surface area (Å²) in [6.07, 6.45) is 1.01. The summed E-state index contributed by atoms with van der Waals surface area (Å²) < 4.78 is 0. The lowest BCUT2D eigenvalue weighted by atomic mass is 10.1. The Labute approximate surface area is 82.2 Å². The van der Waals surface area contributed by atoms with E-state index in [2.05, 4.69) is 29.3 Å². The van der Waals surface area contributed by atoms with Crippen LogP contribution in [0.5, 0.6) is 0 Å². The van der Waals surface area contributed by atoms with Gasteiger partial charge in [0.2, 0.25) is 0 Å². The average molecular weight is 192 g/mol. The number of hydrogen-bond donors (Lipinski definition) is 1. The van der Waals surface area contributed by atoms with E-state index in [9.17, 15) is 0 Å². The Balaban J connectivity index is 2.00. The summed E-state index contributed by atoms with van der Waals surface area (Å²) in [6.45, 7) is 0. The van der Waals surface area contributed by atoms with Gasteiger partial charge in [-0.1, -0.05) is 42.1 Å². The van der Waals surface area contributed by atoms with E-state index >= 15 is 0 Å². The van der Waals surface area contributed by atoms with Gasteiger partial charge in [0.05, 0.1) is 6.04 Å². The Morgan fingerprint density at radius 3 is 2.77 bits per heavy atom. The van der Waals surface area contributed by atoms with Crippen molar-refractivity contribution in [1.29, 1.82) is 0 Å². The topological polar surface area (TPSA) is 38.4 Å². The van der Waals surface area contributed by atoms with Gasteiger partial charge >= 0.3 is 0 Å². The number of amidine groups is 1. The molecule has 0 aromatic heterocycles. The number of nitrogens with two attached hydrogens (primary N) is 1. The summed E-state index contributed by atoms with van der Waals surface area (Å²) in [5.74, 6) is 1.03. The van der Waals surface area contributed by atoms with Gasteiger partial charge in [0.25, 0.3) is 0 Å². The second kappa shape index (κ2) is 3.83. The third kappa shape index (κ3) is 2.25. The molecule has 3 heteroatoms. The molecule has 1 aromatic rings. The smallest absolute Gasteiger partial charge is 0.154 e. The highest BCUT2D eigenvalue weighted by atomic mass is 32.2. The Morgan fingerprint density at radius 2 is 2.15 bits per heavy atom. The highest BCUT2D eigenvalue weighted by Crippen LogP contribution is 2.18. The van der Waals surface area contributed by atoms with Crippen molar-refractivity contribution < 1.29 is 0 Å². The quantitative estimate of drug-likeness (QED) is 0.774. The van der Waals surface area contributed by atoms with Crippen molar-refractivity contribution in [1.82, 2.24) is 0 Å². The lowest BCUT2D eigenvalue weighted by molar-refractivity contribution is 0.762. The van der Waals surface area contributed by atoms with E-state index in [1.807, 2.05) is 6.07 Å². The molecule has 0 bridgehead atoms. The number of thioether (sulfide) groups is 1. The molecule has 2 nitrogen and oxygen atoms in total. The Kier molecular flexibility index (Phi) is 2.54. The monoisotopic (exact) mass is 192 g/mol. The maximum atomic E-state index is 5.59. The summed E-state index contributed by atoms with van der Waals surface area (Å²) in [7, 11) is 0. The van der Waals surface area contributed by atoms with Gasteiger partial charge in [-0.2, -0.15) is 0 Å². The molecule has 1 heterocycles. The van der Waals surface area contributed by atoms with Gasteiger partial charge in [-0.3, -0.25) is 4.99 Å². The molecule has 2 N–H and O–H groups in total. The molecule has 0 fully saturated rings.